The van der Waals surface area contributed by atoms with E-state index in [1.165, 1.54) is 135 Å². The number of hydrogen-bond donors (Lipinski definition) is 0. The van der Waals surface area contributed by atoms with Crippen molar-refractivity contribution in [2.75, 3.05) is 13.2 Å². The van der Waals surface area contributed by atoms with Crippen LogP contribution in [0.1, 0.15) is 240 Å². The molecular weight excluding hydrogens is 624 g/mol. The fourth-order valence-electron chi connectivity index (χ4n) is 6.45. The summed E-state index contributed by atoms with van der Waals surface area (Å²) < 4.78 is 16.7. The molecule has 0 aliphatic carbocycles. The van der Waals surface area contributed by atoms with Gasteiger partial charge in [-0.2, -0.15) is 0 Å². The highest BCUT2D eigenvalue weighted by molar-refractivity contribution is 5.71. The SMILES string of the molecule is CCCCCCCCCCCCCCCC(=O)O[C@H](COC(=O)CCCCCCCCCCC)COC(=O)CCCCCCCCCC(C)C. The smallest absolute Gasteiger partial charge is 0.306 e. The minimum atomic E-state index is -0.758. The third kappa shape index (κ3) is 37.7. The first-order valence-corrected chi connectivity index (χ1v) is 21.9. The third-order valence-corrected chi connectivity index (χ3v) is 9.79. The van der Waals surface area contributed by atoms with Gasteiger partial charge in [-0.1, -0.05) is 201 Å². The Morgan fingerprint density at radius 3 is 0.980 bits per heavy atom. The van der Waals surface area contributed by atoms with E-state index in [1.807, 2.05) is 0 Å². The van der Waals surface area contributed by atoms with Gasteiger partial charge in [-0.25, -0.2) is 0 Å². The van der Waals surface area contributed by atoms with Crippen LogP contribution in [-0.4, -0.2) is 37.2 Å². The largest absolute Gasteiger partial charge is 0.462 e. The molecule has 0 rings (SSSR count). The van der Waals surface area contributed by atoms with Crippen LogP contribution in [0.5, 0.6) is 0 Å². The average Bonchev–Trinajstić information content (AvgIpc) is 3.09. The zero-order valence-electron chi connectivity index (χ0n) is 33.9. The van der Waals surface area contributed by atoms with E-state index >= 15 is 0 Å². The number of carbonyl (C=O) groups excluding carboxylic acids is 3. The van der Waals surface area contributed by atoms with Gasteiger partial charge >= 0.3 is 17.9 Å². The summed E-state index contributed by atoms with van der Waals surface area (Å²) in [6.45, 7) is 8.92. The van der Waals surface area contributed by atoms with Crippen molar-refractivity contribution in [2.24, 2.45) is 5.92 Å². The molecular formula is C44H84O6. The molecule has 1 atom stereocenters. The molecule has 0 fully saturated rings. The number of rotatable bonds is 39. The van der Waals surface area contributed by atoms with E-state index in [-0.39, 0.29) is 31.1 Å². The maximum absolute atomic E-state index is 12.7. The van der Waals surface area contributed by atoms with Gasteiger partial charge in [-0.05, 0) is 25.2 Å². The Kier molecular flexibility index (Phi) is 37.4. The molecule has 0 aliphatic heterocycles. The van der Waals surface area contributed by atoms with E-state index < -0.39 is 6.10 Å². The lowest BCUT2D eigenvalue weighted by atomic mass is 10.0. The summed E-state index contributed by atoms with van der Waals surface area (Å²) in [7, 11) is 0. The Bertz CT molecular complexity index is 751. The molecule has 0 aliphatic rings. The Hall–Kier alpha value is -1.59. The van der Waals surface area contributed by atoms with Crippen molar-refractivity contribution in [1.29, 1.82) is 0 Å². The minimum absolute atomic E-state index is 0.0648. The van der Waals surface area contributed by atoms with Crippen LogP contribution in [0.3, 0.4) is 0 Å². The number of hydrogen-bond acceptors (Lipinski definition) is 6. The quantitative estimate of drug-likeness (QED) is 0.0359. The van der Waals surface area contributed by atoms with Gasteiger partial charge in [-0.15, -0.1) is 0 Å². The van der Waals surface area contributed by atoms with Gasteiger partial charge in [-0.3, -0.25) is 14.4 Å². The maximum atomic E-state index is 12.7. The van der Waals surface area contributed by atoms with Crippen LogP contribution in [0.2, 0.25) is 0 Å². The topological polar surface area (TPSA) is 78.9 Å². The molecule has 296 valence electrons. The molecule has 0 unspecified atom stereocenters. The molecule has 0 aromatic rings. The molecule has 0 aromatic heterocycles. The molecule has 0 bridgehead atoms. The monoisotopic (exact) mass is 709 g/mol. The summed E-state index contributed by atoms with van der Waals surface area (Å²) in [4.78, 5) is 37.5. The number of carbonyl (C=O) groups is 3. The normalized spacial score (nSPS) is 11.9. The third-order valence-electron chi connectivity index (χ3n) is 9.79. The van der Waals surface area contributed by atoms with Crippen LogP contribution in [0.4, 0.5) is 0 Å². The van der Waals surface area contributed by atoms with E-state index in [9.17, 15) is 14.4 Å². The van der Waals surface area contributed by atoms with Crippen molar-refractivity contribution < 1.29 is 28.6 Å². The minimum Gasteiger partial charge on any atom is -0.462 e. The first-order chi connectivity index (χ1) is 24.4. The van der Waals surface area contributed by atoms with Crippen molar-refractivity contribution in [1.82, 2.24) is 0 Å². The molecule has 6 heteroatoms. The van der Waals surface area contributed by atoms with Crippen molar-refractivity contribution in [3.8, 4) is 0 Å². The molecule has 0 aromatic carbocycles. The summed E-state index contributed by atoms with van der Waals surface area (Å²) in [5, 5.41) is 0. The zero-order valence-corrected chi connectivity index (χ0v) is 33.9. The fraction of sp³-hybridized carbons (Fsp3) is 0.932. The van der Waals surface area contributed by atoms with Crippen molar-refractivity contribution in [3.05, 3.63) is 0 Å². The number of unbranched alkanes of at least 4 members (excludes halogenated alkanes) is 26. The van der Waals surface area contributed by atoms with Gasteiger partial charge in [0.2, 0.25) is 0 Å². The Labute approximate surface area is 310 Å². The second kappa shape index (κ2) is 38.6. The Morgan fingerprint density at radius 1 is 0.380 bits per heavy atom. The lowest BCUT2D eigenvalue weighted by molar-refractivity contribution is -0.167. The molecule has 50 heavy (non-hydrogen) atoms. The van der Waals surface area contributed by atoms with Crippen molar-refractivity contribution in [3.63, 3.8) is 0 Å². The molecule has 0 amide bonds. The summed E-state index contributed by atoms with van der Waals surface area (Å²) in [5.41, 5.74) is 0. The standard InChI is InChI=1S/C44H84O6/c1-5-7-9-11-13-15-16-17-18-20-24-29-33-37-44(47)50-41(38-48-42(45)35-31-27-23-19-14-12-10-8-6-2)39-49-43(46)36-32-28-25-21-22-26-30-34-40(3)4/h40-41H,5-39H2,1-4H3/t41-/m1/s1. The first kappa shape index (κ1) is 48.4. The van der Waals surface area contributed by atoms with Crippen LogP contribution in [0.25, 0.3) is 0 Å². The lowest BCUT2D eigenvalue weighted by Crippen LogP contribution is -2.30. The fourth-order valence-corrected chi connectivity index (χ4v) is 6.45. The van der Waals surface area contributed by atoms with E-state index in [1.54, 1.807) is 0 Å². The maximum Gasteiger partial charge on any atom is 0.306 e. The summed E-state index contributed by atoms with van der Waals surface area (Å²) in [6, 6.07) is 0. The van der Waals surface area contributed by atoms with E-state index in [0.29, 0.717) is 19.3 Å². The van der Waals surface area contributed by atoms with Crippen LogP contribution < -0.4 is 0 Å². The first-order valence-electron chi connectivity index (χ1n) is 21.9. The predicted octanol–water partition coefficient (Wildman–Crippen LogP) is 13.6. The van der Waals surface area contributed by atoms with E-state index in [0.717, 1.165) is 63.7 Å². The highest BCUT2D eigenvalue weighted by Gasteiger charge is 2.19. The van der Waals surface area contributed by atoms with Gasteiger partial charge in [0.25, 0.3) is 0 Å². The summed E-state index contributed by atoms with van der Waals surface area (Å²) >= 11 is 0. The van der Waals surface area contributed by atoms with Crippen LogP contribution in [0, 0.1) is 5.92 Å². The van der Waals surface area contributed by atoms with Gasteiger partial charge < -0.3 is 14.2 Å². The van der Waals surface area contributed by atoms with Gasteiger partial charge in [0.1, 0.15) is 13.2 Å². The van der Waals surface area contributed by atoms with Gasteiger partial charge in [0, 0.05) is 19.3 Å². The molecule has 6 nitrogen and oxygen atoms in total. The number of esters is 3. The Balaban J connectivity index is 4.33. The lowest BCUT2D eigenvalue weighted by Gasteiger charge is -2.18. The van der Waals surface area contributed by atoms with Crippen LogP contribution in [-0.2, 0) is 28.6 Å². The average molecular weight is 709 g/mol. The molecule has 0 saturated carbocycles. The molecule has 0 radical (unpaired) electrons. The molecule has 0 spiro atoms. The molecule has 0 saturated heterocycles. The summed E-state index contributed by atoms with van der Waals surface area (Å²) in [6.07, 6.45) is 36.6. The Morgan fingerprint density at radius 2 is 0.660 bits per heavy atom. The highest BCUT2D eigenvalue weighted by Crippen LogP contribution is 2.16. The number of ether oxygens (including phenoxy) is 3. The highest BCUT2D eigenvalue weighted by atomic mass is 16.6. The van der Waals surface area contributed by atoms with Gasteiger partial charge in [0.15, 0.2) is 6.10 Å². The molecule has 0 heterocycles. The zero-order chi connectivity index (χ0) is 36.8. The predicted molar refractivity (Wildman–Crippen MR) is 210 cm³/mol. The second-order valence-corrected chi connectivity index (χ2v) is 15.5. The van der Waals surface area contributed by atoms with Crippen LogP contribution in [0.15, 0.2) is 0 Å². The van der Waals surface area contributed by atoms with Gasteiger partial charge in [0.05, 0.1) is 0 Å². The van der Waals surface area contributed by atoms with Crippen molar-refractivity contribution >= 4 is 17.9 Å². The van der Waals surface area contributed by atoms with E-state index in [2.05, 4.69) is 27.7 Å². The van der Waals surface area contributed by atoms with Crippen LogP contribution >= 0.6 is 0 Å². The second-order valence-electron chi connectivity index (χ2n) is 15.5. The molecule has 0 N–H and O–H groups in total. The summed E-state index contributed by atoms with van der Waals surface area (Å²) in [5.74, 6) is -0.0798. The van der Waals surface area contributed by atoms with E-state index in [4.69, 9.17) is 14.2 Å². The van der Waals surface area contributed by atoms with Crippen molar-refractivity contribution in [2.45, 2.75) is 246 Å².